The quantitative estimate of drug-likeness (QED) is 0.245. The molecule has 50 heavy (non-hydrogen) atoms. The summed E-state index contributed by atoms with van der Waals surface area (Å²) < 4.78 is 3.33. The van der Waals surface area contributed by atoms with Crippen molar-refractivity contribution in [3.63, 3.8) is 0 Å². The number of benzene rings is 2. The molecule has 0 amide bonds. The van der Waals surface area contributed by atoms with Gasteiger partial charge in [0, 0.05) is 0 Å². The van der Waals surface area contributed by atoms with Crippen LogP contribution in [0.4, 0.5) is 0 Å². The Kier molecular flexibility index (Phi) is 11.0. The summed E-state index contributed by atoms with van der Waals surface area (Å²) >= 11 is 0. The van der Waals surface area contributed by atoms with E-state index in [1.807, 2.05) is 134 Å². The van der Waals surface area contributed by atoms with E-state index in [0.717, 1.165) is 13.7 Å². The average Bonchev–Trinajstić information content (AvgIpc) is 2.93. The molecule has 0 bridgehead atoms. The molecule has 0 radical (unpaired) electrons. The van der Waals surface area contributed by atoms with E-state index in [4.69, 9.17) is 0 Å². The largest absolute Gasteiger partial charge is 0.507 e. The van der Waals surface area contributed by atoms with Crippen LogP contribution in [0.25, 0.3) is 0 Å². The Bertz CT molecular complexity index is 1790. The summed E-state index contributed by atoms with van der Waals surface area (Å²) in [6.07, 6.45) is 3.59. The van der Waals surface area contributed by atoms with Crippen LogP contribution >= 0.6 is 0 Å². The Morgan fingerprint density at radius 2 is 0.840 bits per heavy atom. The molecule has 1 aromatic heterocycles. The lowest BCUT2D eigenvalue weighted by molar-refractivity contribution is 0.421. The highest BCUT2D eigenvalue weighted by atomic mass is 16.3. The monoisotopic (exact) mass is 687 g/mol. The third-order valence-electron chi connectivity index (χ3n) is 8.86. The standard InChI is InChI=1S/C42H61N3O5/c1-17-26(22-38(2,3)4)23-43-35(48)44(24-27-18-29(39(5,6)7)33(46)30(19-27)40(8,9)10)37(50)45(36(43)49)25-28-20-31(41(11,12)13)34(47)32(21-28)42(14,15)16/h17-22,46-47H,1,23-25H2,2-16H3/b26-22+. The topological polar surface area (TPSA) is 106 Å². The summed E-state index contributed by atoms with van der Waals surface area (Å²) in [5.41, 5.74) is 0.707. The number of hydrogen-bond acceptors (Lipinski definition) is 5. The Morgan fingerprint density at radius 3 is 1.08 bits per heavy atom. The van der Waals surface area contributed by atoms with Crippen molar-refractivity contribution in [1.29, 1.82) is 0 Å². The molecule has 0 saturated carbocycles. The molecule has 3 aromatic rings. The van der Waals surface area contributed by atoms with E-state index in [1.54, 1.807) is 6.08 Å². The van der Waals surface area contributed by atoms with Gasteiger partial charge in [-0.05, 0) is 90.3 Å². The van der Waals surface area contributed by atoms with Crippen LogP contribution in [0.2, 0.25) is 0 Å². The van der Waals surface area contributed by atoms with Crippen LogP contribution in [0.1, 0.15) is 137 Å². The van der Waals surface area contributed by atoms with Crippen molar-refractivity contribution in [2.24, 2.45) is 5.41 Å². The number of hydrogen-bond donors (Lipinski definition) is 2. The molecular formula is C42H61N3O5. The van der Waals surface area contributed by atoms with Crippen molar-refractivity contribution >= 4 is 0 Å². The van der Waals surface area contributed by atoms with Gasteiger partial charge < -0.3 is 10.2 Å². The number of aromatic hydroxyl groups is 2. The Morgan fingerprint density at radius 1 is 0.560 bits per heavy atom. The third-order valence-corrected chi connectivity index (χ3v) is 8.86. The lowest BCUT2D eigenvalue weighted by Crippen LogP contribution is -2.55. The van der Waals surface area contributed by atoms with Crippen LogP contribution in [-0.2, 0) is 41.3 Å². The zero-order valence-electron chi connectivity index (χ0n) is 33.3. The summed E-state index contributed by atoms with van der Waals surface area (Å²) in [6.45, 7) is 33.8. The van der Waals surface area contributed by atoms with Gasteiger partial charge in [0.25, 0.3) is 0 Å². The Labute approximate surface area is 298 Å². The van der Waals surface area contributed by atoms with Gasteiger partial charge in [-0.2, -0.15) is 0 Å². The molecule has 0 atom stereocenters. The zero-order valence-corrected chi connectivity index (χ0v) is 33.3. The lowest BCUT2D eigenvalue weighted by Gasteiger charge is -2.28. The van der Waals surface area contributed by atoms with Gasteiger partial charge >= 0.3 is 17.1 Å². The van der Waals surface area contributed by atoms with E-state index in [2.05, 4.69) is 6.58 Å². The van der Waals surface area contributed by atoms with Gasteiger partial charge in [0.05, 0.1) is 19.6 Å². The molecular weight excluding hydrogens is 626 g/mol. The van der Waals surface area contributed by atoms with Gasteiger partial charge in [-0.15, -0.1) is 0 Å². The lowest BCUT2D eigenvalue weighted by atomic mass is 9.78. The molecule has 2 N–H and O–H groups in total. The van der Waals surface area contributed by atoms with Crippen LogP contribution < -0.4 is 17.1 Å². The van der Waals surface area contributed by atoms with Gasteiger partial charge in [0.15, 0.2) is 0 Å². The van der Waals surface area contributed by atoms with Gasteiger partial charge in [0.1, 0.15) is 11.5 Å². The van der Waals surface area contributed by atoms with Gasteiger partial charge in [-0.25, -0.2) is 28.1 Å². The maximum Gasteiger partial charge on any atom is 0.336 e. The van der Waals surface area contributed by atoms with E-state index in [9.17, 15) is 24.6 Å². The number of phenols is 2. The molecule has 0 aliphatic rings. The van der Waals surface area contributed by atoms with Crippen molar-refractivity contribution in [2.45, 2.75) is 145 Å². The molecule has 8 nitrogen and oxygen atoms in total. The molecule has 1 heterocycles. The first-order chi connectivity index (χ1) is 22.5. The minimum Gasteiger partial charge on any atom is -0.507 e. The Balaban J connectivity index is 2.44. The average molecular weight is 688 g/mol. The zero-order chi connectivity index (χ0) is 38.5. The van der Waals surface area contributed by atoms with E-state index in [0.29, 0.717) is 39.0 Å². The first kappa shape index (κ1) is 40.4. The third kappa shape index (κ3) is 8.98. The first-order valence-electron chi connectivity index (χ1n) is 17.5. The van der Waals surface area contributed by atoms with Crippen LogP contribution in [0.5, 0.6) is 11.5 Å². The van der Waals surface area contributed by atoms with Crippen molar-refractivity contribution < 1.29 is 10.2 Å². The van der Waals surface area contributed by atoms with Crippen molar-refractivity contribution in [3.05, 3.63) is 113 Å². The normalized spacial score (nSPS) is 13.5. The van der Waals surface area contributed by atoms with Gasteiger partial charge in [0.2, 0.25) is 0 Å². The van der Waals surface area contributed by atoms with Crippen LogP contribution in [-0.4, -0.2) is 23.9 Å². The highest BCUT2D eigenvalue weighted by molar-refractivity contribution is 5.51. The Hall–Kier alpha value is -4.07. The van der Waals surface area contributed by atoms with Gasteiger partial charge in [-0.3, -0.25) is 0 Å². The highest BCUT2D eigenvalue weighted by Gasteiger charge is 2.29. The molecule has 274 valence electrons. The molecule has 8 heteroatoms. The van der Waals surface area contributed by atoms with Crippen molar-refractivity contribution in [1.82, 2.24) is 13.7 Å². The molecule has 0 saturated heterocycles. The molecule has 0 fully saturated rings. The molecule has 0 spiro atoms. The predicted molar refractivity (Wildman–Crippen MR) is 206 cm³/mol. The fraction of sp³-hybridized carbons (Fsp3) is 0.548. The highest BCUT2D eigenvalue weighted by Crippen LogP contribution is 2.41. The fourth-order valence-electron chi connectivity index (χ4n) is 6.22. The second-order valence-electron chi connectivity index (χ2n) is 19.0. The second kappa shape index (κ2) is 13.6. The minimum atomic E-state index is -0.735. The predicted octanol–water partition coefficient (Wildman–Crippen LogP) is 8.03. The first-order valence-corrected chi connectivity index (χ1v) is 17.5. The number of phenolic OH excluding ortho intramolecular Hbond substituents is 2. The fourth-order valence-corrected chi connectivity index (χ4v) is 6.22. The maximum absolute atomic E-state index is 14.4. The van der Waals surface area contributed by atoms with Crippen LogP contribution in [0.3, 0.4) is 0 Å². The minimum absolute atomic E-state index is 0.0646. The molecule has 0 unspecified atom stereocenters. The summed E-state index contributed by atoms with van der Waals surface area (Å²) in [5.74, 6) is 0.395. The summed E-state index contributed by atoms with van der Waals surface area (Å²) in [4.78, 5) is 42.9. The van der Waals surface area contributed by atoms with Crippen molar-refractivity contribution in [2.75, 3.05) is 0 Å². The number of aromatic nitrogens is 3. The maximum atomic E-state index is 14.4. The summed E-state index contributed by atoms with van der Waals surface area (Å²) in [6, 6.07) is 7.37. The summed E-state index contributed by atoms with van der Waals surface area (Å²) in [5, 5.41) is 22.7. The van der Waals surface area contributed by atoms with E-state index in [1.165, 1.54) is 0 Å². The van der Waals surface area contributed by atoms with Crippen LogP contribution in [0, 0.1) is 5.41 Å². The number of nitrogens with zero attached hydrogens (tertiary/aromatic N) is 3. The molecule has 3 rings (SSSR count). The van der Waals surface area contributed by atoms with E-state index in [-0.39, 0.29) is 36.5 Å². The van der Waals surface area contributed by atoms with Crippen molar-refractivity contribution in [3.8, 4) is 11.5 Å². The summed E-state index contributed by atoms with van der Waals surface area (Å²) in [7, 11) is 0. The SMILES string of the molecule is C=C/C(=C\C(C)(C)C)Cn1c(=O)n(Cc2cc(C(C)(C)C)c(O)c(C(C)(C)C)c2)c(=O)n(Cc2cc(C(C)(C)C)c(O)c(C(C)(C)C)c2)c1=O. The molecule has 0 aliphatic heterocycles. The van der Waals surface area contributed by atoms with E-state index >= 15 is 0 Å². The van der Waals surface area contributed by atoms with E-state index < -0.39 is 38.7 Å². The second-order valence-corrected chi connectivity index (χ2v) is 19.0. The molecule has 2 aromatic carbocycles. The van der Waals surface area contributed by atoms with Gasteiger partial charge in [-0.1, -0.05) is 123 Å². The number of rotatable bonds is 7. The molecule has 0 aliphatic carbocycles. The van der Waals surface area contributed by atoms with Crippen LogP contribution in [0.15, 0.2) is 63.0 Å². The smallest absolute Gasteiger partial charge is 0.336 e. The number of allylic oxidation sites excluding steroid dienone is 3.